The van der Waals surface area contributed by atoms with E-state index in [0.29, 0.717) is 0 Å². The lowest BCUT2D eigenvalue weighted by Gasteiger charge is -2.17. The van der Waals surface area contributed by atoms with Gasteiger partial charge in [0.1, 0.15) is 34.1 Å². The zero-order valence-electron chi connectivity index (χ0n) is 31.9. The molecule has 0 fully saturated rings. The van der Waals surface area contributed by atoms with Crippen molar-refractivity contribution in [3.05, 3.63) is 106 Å². The van der Waals surface area contributed by atoms with E-state index in [1.54, 1.807) is 27.7 Å². The first-order chi connectivity index (χ1) is 27.0. The Balaban J connectivity index is 0.000000317. The van der Waals surface area contributed by atoms with Crippen molar-refractivity contribution in [3.8, 4) is 23.0 Å². The molecule has 0 aliphatic rings. The topological polar surface area (TPSA) is 170 Å². The fourth-order valence-electron chi connectivity index (χ4n) is 5.15. The van der Waals surface area contributed by atoms with E-state index in [9.17, 15) is 50.6 Å². The summed E-state index contributed by atoms with van der Waals surface area (Å²) < 4.78 is 100. The van der Waals surface area contributed by atoms with Gasteiger partial charge in [0.2, 0.25) is 11.8 Å². The molecule has 2 amide bonds. The minimum atomic E-state index is -4.66. The van der Waals surface area contributed by atoms with Gasteiger partial charge in [-0.25, -0.2) is 9.59 Å². The van der Waals surface area contributed by atoms with Crippen molar-refractivity contribution in [3.63, 3.8) is 0 Å². The molecule has 4 aromatic carbocycles. The number of ether oxygens (including phenoxy) is 4. The third kappa shape index (κ3) is 13.3. The molecular weight excluding hydrogens is 782 g/mol. The zero-order valence-corrected chi connectivity index (χ0v) is 31.9. The molecule has 58 heavy (non-hydrogen) atoms. The van der Waals surface area contributed by atoms with Crippen molar-refractivity contribution in [2.75, 3.05) is 24.9 Å². The minimum Gasteiger partial charge on any atom is -0.507 e. The summed E-state index contributed by atoms with van der Waals surface area (Å²) in [5.41, 5.74) is -2.22. The predicted molar refractivity (Wildman–Crippen MR) is 198 cm³/mol. The molecule has 4 N–H and O–H groups in total. The molecule has 0 spiro atoms. The number of benzene rings is 4. The van der Waals surface area contributed by atoms with Gasteiger partial charge in [-0.3, -0.25) is 9.59 Å². The first kappa shape index (κ1) is 45.9. The highest BCUT2D eigenvalue weighted by atomic mass is 19.4. The number of carbonyl (C=O) groups excluding carboxylic acids is 3. The number of aromatic hydroxyl groups is 1. The van der Waals surface area contributed by atoms with Gasteiger partial charge in [0.25, 0.3) is 0 Å². The van der Waals surface area contributed by atoms with Crippen molar-refractivity contribution >= 4 is 35.1 Å². The molecule has 0 atom stereocenters. The summed E-state index contributed by atoms with van der Waals surface area (Å²) in [5, 5.41) is 23.3. The van der Waals surface area contributed by atoms with Crippen molar-refractivity contribution < 1.29 is 74.7 Å². The Labute approximate surface area is 328 Å². The third-order valence-electron chi connectivity index (χ3n) is 7.65. The van der Waals surface area contributed by atoms with E-state index in [0.717, 1.165) is 30.3 Å². The smallest absolute Gasteiger partial charge is 0.416 e. The fourth-order valence-corrected chi connectivity index (χ4v) is 5.15. The number of aromatic carboxylic acids is 1. The Hall–Kier alpha value is -6.46. The zero-order chi connectivity index (χ0) is 43.5. The van der Waals surface area contributed by atoms with E-state index >= 15 is 0 Å². The second kappa shape index (κ2) is 19.6. The Bertz CT molecular complexity index is 2120. The van der Waals surface area contributed by atoms with Gasteiger partial charge in [-0.1, -0.05) is 12.1 Å². The van der Waals surface area contributed by atoms with Gasteiger partial charge < -0.3 is 39.8 Å². The predicted octanol–water partition coefficient (Wildman–Crippen LogP) is 8.55. The maximum absolute atomic E-state index is 13.4. The number of carboxylic acid groups (broad SMARTS) is 1. The first-order valence-electron chi connectivity index (χ1n) is 17.2. The molecule has 312 valence electrons. The normalized spacial score (nSPS) is 11.3. The summed E-state index contributed by atoms with van der Waals surface area (Å²) in [6.45, 7) is 6.96. The number of methoxy groups -OCH3 is 2. The van der Waals surface area contributed by atoms with Crippen molar-refractivity contribution in [1.82, 2.24) is 0 Å². The molecule has 0 aromatic heterocycles. The molecule has 0 saturated carbocycles. The van der Waals surface area contributed by atoms with Crippen LogP contribution in [-0.2, 0) is 39.5 Å². The van der Waals surface area contributed by atoms with Crippen LogP contribution < -0.4 is 24.8 Å². The average molecular weight is 823 g/mol. The van der Waals surface area contributed by atoms with Crippen LogP contribution >= 0.6 is 0 Å². The lowest BCUT2D eigenvalue weighted by atomic mass is 10.0. The summed E-state index contributed by atoms with van der Waals surface area (Å²) in [4.78, 5) is 47.6. The highest BCUT2D eigenvalue weighted by Gasteiger charge is 2.35. The van der Waals surface area contributed by atoms with Crippen LogP contribution in [0.3, 0.4) is 0 Å². The molecule has 0 radical (unpaired) electrons. The number of nitrogens with one attached hydrogen (secondary N) is 2. The number of halogens is 6. The summed E-state index contributed by atoms with van der Waals surface area (Å²) >= 11 is 0. The van der Waals surface area contributed by atoms with Gasteiger partial charge in [-0.2, -0.15) is 26.3 Å². The van der Waals surface area contributed by atoms with Gasteiger partial charge in [0.05, 0.1) is 50.4 Å². The molecule has 0 aliphatic carbocycles. The Kier molecular flexibility index (Phi) is 15.5. The van der Waals surface area contributed by atoms with E-state index < -0.39 is 65.8 Å². The van der Waals surface area contributed by atoms with Crippen LogP contribution in [0.5, 0.6) is 23.0 Å². The second-order valence-electron chi connectivity index (χ2n) is 12.9. The number of rotatable bonds is 13. The Morgan fingerprint density at radius 1 is 0.638 bits per heavy atom. The number of carbonyl (C=O) groups is 4. The number of hydrogen-bond acceptors (Lipinski definition) is 9. The molecule has 0 saturated heterocycles. The van der Waals surface area contributed by atoms with Gasteiger partial charge in [0, 0.05) is 23.5 Å². The van der Waals surface area contributed by atoms with Crippen LogP contribution in [0.15, 0.2) is 72.8 Å². The molecule has 12 nitrogen and oxygen atoms in total. The summed E-state index contributed by atoms with van der Waals surface area (Å²) in [6.07, 6.45) is -11.0. The Morgan fingerprint density at radius 2 is 1.09 bits per heavy atom. The third-order valence-corrected chi connectivity index (χ3v) is 7.65. The first-order valence-corrected chi connectivity index (χ1v) is 17.2. The minimum absolute atomic E-state index is 0.00987. The van der Waals surface area contributed by atoms with Crippen LogP contribution in [0.1, 0.15) is 70.7 Å². The summed E-state index contributed by atoms with van der Waals surface area (Å²) in [7, 11) is 2.49. The monoisotopic (exact) mass is 822 g/mol. The van der Waals surface area contributed by atoms with E-state index in [2.05, 4.69) is 10.6 Å². The number of alkyl halides is 6. The number of phenols is 1. The molecule has 0 bridgehead atoms. The standard InChI is InChI=1S/C23H26F3NO5.C17H14F3NO5/c1-13(2)31-20-11-16(7-9-18(20)22(29)32-14(3)4)27-21(28)10-15-6-8-17(30-5)12-19(15)23(24,25)26;1-26-11-4-2-9(13(8-11)17(18,19)20)6-15(23)21-10-3-5-12(16(24)25)14(22)7-10/h6-9,11-14H,10H2,1-5H3,(H,27,28);2-5,7-8,22H,6H2,1H3,(H,21,23)(H,24,25). The molecular formula is C40H40F6N2O10. The highest BCUT2D eigenvalue weighted by Crippen LogP contribution is 2.36. The lowest BCUT2D eigenvalue weighted by molar-refractivity contribution is -0.139. The fraction of sp³-hybridized carbons (Fsp3) is 0.300. The van der Waals surface area contributed by atoms with Crippen LogP contribution in [0.4, 0.5) is 37.7 Å². The van der Waals surface area contributed by atoms with Crippen molar-refractivity contribution in [2.24, 2.45) is 0 Å². The largest absolute Gasteiger partial charge is 0.507 e. The molecule has 0 heterocycles. The molecule has 0 aliphatic heterocycles. The number of amides is 2. The van der Waals surface area contributed by atoms with Gasteiger partial charge in [-0.05, 0) is 87.4 Å². The van der Waals surface area contributed by atoms with Crippen LogP contribution in [0.2, 0.25) is 0 Å². The highest BCUT2D eigenvalue weighted by molar-refractivity contribution is 5.97. The number of anilines is 2. The maximum Gasteiger partial charge on any atom is 0.416 e. The summed E-state index contributed by atoms with van der Waals surface area (Å²) in [6, 6.07) is 14.3. The van der Waals surface area contributed by atoms with E-state index in [1.165, 1.54) is 56.7 Å². The van der Waals surface area contributed by atoms with Gasteiger partial charge in [-0.15, -0.1) is 0 Å². The molecule has 4 aromatic rings. The van der Waals surface area contributed by atoms with E-state index in [1.807, 2.05) is 0 Å². The Morgan fingerprint density at radius 3 is 1.47 bits per heavy atom. The van der Waals surface area contributed by atoms with Crippen LogP contribution in [0, 0.1) is 0 Å². The maximum atomic E-state index is 13.4. The number of esters is 1. The van der Waals surface area contributed by atoms with Crippen molar-refractivity contribution in [1.29, 1.82) is 0 Å². The van der Waals surface area contributed by atoms with Crippen LogP contribution in [0.25, 0.3) is 0 Å². The van der Waals surface area contributed by atoms with Gasteiger partial charge in [0.15, 0.2) is 0 Å². The second-order valence-corrected chi connectivity index (χ2v) is 12.9. The lowest BCUT2D eigenvalue weighted by Crippen LogP contribution is -2.19. The number of carboxylic acids is 1. The molecule has 4 rings (SSSR count). The van der Waals surface area contributed by atoms with E-state index in [4.69, 9.17) is 24.1 Å². The quantitative estimate of drug-likeness (QED) is 0.0757. The van der Waals surface area contributed by atoms with Crippen LogP contribution in [-0.4, -0.2) is 60.4 Å². The molecule has 18 heteroatoms. The SMILES string of the molecule is COc1ccc(CC(=O)Nc2ccc(C(=O)O)c(O)c2)c(C(F)(F)F)c1.COc1ccc(CC(=O)Nc2ccc(C(=O)OC(C)C)c(OC(C)C)c2)c(C(F)(F)F)c1. The summed E-state index contributed by atoms with van der Waals surface area (Å²) in [5.74, 6) is -3.68. The van der Waals surface area contributed by atoms with E-state index in [-0.39, 0.29) is 63.1 Å². The average Bonchev–Trinajstić information content (AvgIpc) is 3.10. The van der Waals surface area contributed by atoms with Crippen molar-refractivity contribution in [2.45, 2.75) is 65.1 Å². The van der Waals surface area contributed by atoms with Gasteiger partial charge >= 0.3 is 24.3 Å². The number of hydrogen-bond donors (Lipinski definition) is 4. The molecule has 0 unspecified atom stereocenters.